The summed E-state index contributed by atoms with van der Waals surface area (Å²) in [4.78, 5) is 12.1. The van der Waals surface area contributed by atoms with Crippen LogP contribution in [-0.4, -0.2) is 23.2 Å². The summed E-state index contributed by atoms with van der Waals surface area (Å²) < 4.78 is 10.9. The summed E-state index contributed by atoms with van der Waals surface area (Å²) in [6, 6.07) is 0. The molecule has 3 rings (SSSR count). The van der Waals surface area contributed by atoms with Gasteiger partial charge in [-0.25, -0.2) is 4.79 Å². The monoisotopic (exact) mass is 344 g/mol. The minimum absolute atomic E-state index is 0.196. The van der Waals surface area contributed by atoms with Gasteiger partial charge in [0, 0.05) is 10.7 Å². The molecule has 3 fully saturated rings. The maximum absolute atomic E-state index is 11.5. The van der Waals surface area contributed by atoms with Gasteiger partial charge >= 0.3 is 6.16 Å². The van der Waals surface area contributed by atoms with Crippen LogP contribution in [0.1, 0.15) is 53.4 Å². The Morgan fingerprint density at radius 3 is 2.50 bits per heavy atom. The van der Waals surface area contributed by atoms with E-state index in [1.807, 2.05) is 0 Å². The number of rotatable bonds is 0. The third-order valence-electron chi connectivity index (χ3n) is 6.58. The second-order valence-corrected chi connectivity index (χ2v) is 9.06. The molecule has 0 aromatic heterocycles. The molecule has 20 heavy (non-hydrogen) atoms. The van der Waals surface area contributed by atoms with E-state index in [4.69, 9.17) is 9.47 Å². The van der Waals surface area contributed by atoms with E-state index in [2.05, 4.69) is 43.6 Å². The van der Waals surface area contributed by atoms with Crippen molar-refractivity contribution >= 4 is 22.1 Å². The van der Waals surface area contributed by atoms with Crippen LogP contribution in [0.25, 0.3) is 0 Å². The molecule has 0 spiro atoms. The molecule has 1 heterocycles. The molecule has 0 radical (unpaired) electrons. The van der Waals surface area contributed by atoms with Gasteiger partial charge in [0.1, 0.15) is 12.2 Å². The highest BCUT2D eigenvalue weighted by molar-refractivity contribution is 9.09. The number of hydrogen-bond donors (Lipinski definition) is 0. The van der Waals surface area contributed by atoms with Crippen LogP contribution in [0.4, 0.5) is 4.79 Å². The molecule has 3 nitrogen and oxygen atoms in total. The van der Waals surface area contributed by atoms with Crippen molar-refractivity contribution < 1.29 is 14.3 Å². The zero-order valence-corrected chi connectivity index (χ0v) is 14.5. The van der Waals surface area contributed by atoms with Crippen molar-refractivity contribution in [1.82, 2.24) is 0 Å². The first-order valence-corrected chi connectivity index (χ1v) is 8.61. The molecule has 2 aliphatic carbocycles. The molecule has 0 N–H and O–H groups in total. The van der Waals surface area contributed by atoms with E-state index >= 15 is 0 Å². The zero-order chi connectivity index (χ0) is 14.8. The number of hydrogen-bond acceptors (Lipinski definition) is 3. The molecule has 2 saturated carbocycles. The number of carbonyl (C=O) groups excluding carboxylic acids is 1. The van der Waals surface area contributed by atoms with Crippen LogP contribution in [0.3, 0.4) is 0 Å². The number of halogens is 1. The number of alkyl halides is 1. The second-order valence-electron chi connectivity index (χ2n) is 7.95. The maximum Gasteiger partial charge on any atom is 0.508 e. The van der Waals surface area contributed by atoms with Gasteiger partial charge in [-0.05, 0) is 49.4 Å². The lowest BCUT2D eigenvalue weighted by molar-refractivity contribution is -0.213. The van der Waals surface area contributed by atoms with E-state index in [1.54, 1.807) is 0 Å². The van der Waals surface area contributed by atoms with Crippen LogP contribution in [0.2, 0.25) is 0 Å². The van der Waals surface area contributed by atoms with Crippen LogP contribution >= 0.6 is 15.9 Å². The molecule has 1 saturated heterocycles. The Morgan fingerprint density at radius 1 is 1.10 bits per heavy atom. The predicted octanol–water partition coefficient (Wildman–Crippen LogP) is 4.53. The minimum Gasteiger partial charge on any atom is -0.434 e. The van der Waals surface area contributed by atoms with E-state index in [-0.39, 0.29) is 16.4 Å². The molecule has 0 unspecified atom stereocenters. The SMILES string of the molecule is CC1(C)[C@H]2CC[C@]3(C)OC(=O)OC[C@H]3[C@@]2(C)CC[C@@H]1Br. The van der Waals surface area contributed by atoms with E-state index in [0.29, 0.717) is 23.3 Å². The predicted molar refractivity (Wildman–Crippen MR) is 80.9 cm³/mol. The number of carbonyl (C=O) groups is 1. The van der Waals surface area contributed by atoms with Crippen molar-refractivity contribution in [3.8, 4) is 0 Å². The van der Waals surface area contributed by atoms with Gasteiger partial charge in [0.15, 0.2) is 0 Å². The summed E-state index contributed by atoms with van der Waals surface area (Å²) in [5.74, 6) is 0.956. The fourth-order valence-electron chi connectivity index (χ4n) is 5.33. The van der Waals surface area contributed by atoms with Gasteiger partial charge in [-0.3, -0.25) is 0 Å². The Kier molecular flexibility index (Phi) is 3.21. The largest absolute Gasteiger partial charge is 0.508 e. The summed E-state index contributed by atoms with van der Waals surface area (Å²) >= 11 is 3.89. The summed E-state index contributed by atoms with van der Waals surface area (Å²) in [6.07, 6.45) is 3.96. The first-order chi connectivity index (χ1) is 9.20. The molecule has 1 aliphatic heterocycles. The average molecular weight is 345 g/mol. The Bertz CT molecular complexity index is 435. The standard InChI is InChI=1S/C16H25BrO3/c1-14(2)10-5-8-16(4)11(9-19-13(18)20-16)15(10,3)7-6-12(14)17/h10-12H,5-9H2,1-4H3/t10-,11+,12+,15+,16+/m1/s1. The van der Waals surface area contributed by atoms with Crippen LogP contribution < -0.4 is 0 Å². The summed E-state index contributed by atoms with van der Waals surface area (Å²) in [7, 11) is 0. The molecule has 0 bridgehead atoms. The average Bonchev–Trinajstić information content (AvgIpc) is 2.33. The number of fused-ring (bicyclic) bond motifs is 3. The molecule has 5 atom stereocenters. The molecule has 114 valence electrons. The van der Waals surface area contributed by atoms with Gasteiger partial charge in [0.2, 0.25) is 0 Å². The van der Waals surface area contributed by atoms with Gasteiger partial charge in [-0.1, -0.05) is 36.7 Å². The molecular formula is C16H25BrO3. The minimum atomic E-state index is -0.487. The van der Waals surface area contributed by atoms with Gasteiger partial charge in [-0.2, -0.15) is 0 Å². The third-order valence-corrected chi connectivity index (χ3v) is 8.22. The highest BCUT2D eigenvalue weighted by Gasteiger charge is 2.63. The lowest BCUT2D eigenvalue weighted by atomic mass is 9.45. The first-order valence-electron chi connectivity index (χ1n) is 7.70. The third kappa shape index (κ3) is 1.86. The fourth-order valence-corrected chi connectivity index (χ4v) is 5.88. The molecule has 0 aromatic rings. The van der Waals surface area contributed by atoms with E-state index in [0.717, 1.165) is 12.8 Å². The first kappa shape index (κ1) is 14.7. The summed E-state index contributed by atoms with van der Waals surface area (Å²) in [6.45, 7) is 9.78. The molecule has 0 aromatic carbocycles. The smallest absolute Gasteiger partial charge is 0.434 e. The van der Waals surface area contributed by atoms with Crippen molar-refractivity contribution in [2.75, 3.05) is 6.61 Å². The van der Waals surface area contributed by atoms with Crippen molar-refractivity contribution in [2.45, 2.75) is 63.8 Å². The Hall–Kier alpha value is -0.250. The lowest BCUT2D eigenvalue weighted by Crippen LogP contribution is -2.63. The van der Waals surface area contributed by atoms with Crippen LogP contribution in [0.5, 0.6) is 0 Å². The van der Waals surface area contributed by atoms with Gasteiger partial charge in [-0.15, -0.1) is 0 Å². The number of cyclic esters (lactones) is 1. The molecule has 3 aliphatic rings. The maximum atomic E-state index is 11.5. The fraction of sp³-hybridized carbons (Fsp3) is 0.938. The summed E-state index contributed by atoms with van der Waals surface area (Å²) in [5, 5.41) is 0. The summed E-state index contributed by atoms with van der Waals surface area (Å²) in [5.41, 5.74) is 0.132. The normalized spacial score (nSPS) is 50.5. The van der Waals surface area contributed by atoms with Gasteiger partial charge in [0.05, 0.1) is 0 Å². The van der Waals surface area contributed by atoms with Crippen molar-refractivity contribution in [1.29, 1.82) is 0 Å². The van der Waals surface area contributed by atoms with Crippen LogP contribution in [0, 0.1) is 22.7 Å². The number of ether oxygens (including phenoxy) is 2. The quantitative estimate of drug-likeness (QED) is 0.478. The van der Waals surface area contributed by atoms with Crippen LogP contribution in [-0.2, 0) is 9.47 Å². The lowest BCUT2D eigenvalue weighted by Gasteiger charge is -2.63. The zero-order valence-electron chi connectivity index (χ0n) is 12.9. The molecule has 0 amide bonds. The topological polar surface area (TPSA) is 35.5 Å². The van der Waals surface area contributed by atoms with E-state index < -0.39 is 6.16 Å². The van der Waals surface area contributed by atoms with Crippen molar-refractivity contribution in [3.63, 3.8) is 0 Å². The second kappa shape index (κ2) is 4.37. The Balaban J connectivity index is 1.97. The van der Waals surface area contributed by atoms with Crippen molar-refractivity contribution in [3.05, 3.63) is 0 Å². The van der Waals surface area contributed by atoms with Crippen LogP contribution in [0.15, 0.2) is 0 Å². The van der Waals surface area contributed by atoms with Crippen molar-refractivity contribution in [2.24, 2.45) is 22.7 Å². The van der Waals surface area contributed by atoms with E-state index in [1.165, 1.54) is 12.8 Å². The highest BCUT2D eigenvalue weighted by Crippen LogP contribution is 2.64. The Morgan fingerprint density at radius 2 is 1.80 bits per heavy atom. The van der Waals surface area contributed by atoms with E-state index in [9.17, 15) is 4.79 Å². The Labute approximate surface area is 129 Å². The van der Waals surface area contributed by atoms with Gasteiger partial charge in [0.25, 0.3) is 0 Å². The molecular weight excluding hydrogens is 320 g/mol. The highest BCUT2D eigenvalue weighted by atomic mass is 79.9. The molecule has 4 heteroatoms. The van der Waals surface area contributed by atoms with Gasteiger partial charge < -0.3 is 9.47 Å².